The molecule has 0 aliphatic heterocycles. The Morgan fingerprint density at radius 2 is 1.95 bits per heavy atom. The Morgan fingerprint density at radius 3 is 2.80 bits per heavy atom. The number of benzene rings is 2. The van der Waals surface area contributed by atoms with Crippen LogP contribution in [0.25, 0.3) is 10.9 Å². The number of hydrogen-bond donors (Lipinski definition) is 1. The highest BCUT2D eigenvalue weighted by atomic mass is 19.1. The van der Waals surface area contributed by atoms with E-state index >= 15 is 0 Å². The highest BCUT2D eigenvalue weighted by Crippen LogP contribution is 2.20. The van der Waals surface area contributed by atoms with Crippen molar-refractivity contribution in [1.29, 1.82) is 0 Å². The van der Waals surface area contributed by atoms with E-state index in [1.54, 1.807) is 4.68 Å². The number of para-hydroxylation sites is 1. The lowest BCUT2D eigenvalue weighted by atomic mass is 10.2. The van der Waals surface area contributed by atoms with Gasteiger partial charge >= 0.3 is 0 Å². The van der Waals surface area contributed by atoms with Crippen molar-refractivity contribution in [2.24, 2.45) is 7.05 Å². The van der Waals surface area contributed by atoms with Crippen molar-refractivity contribution in [3.63, 3.8) is 0 Å². The fraction of sp³-hybridized carbons (Fsp3) is 0.133. The molecule has 102 valence electrons. The van der Waals surface area contributed by atoms with Gasteiger partial charge in [0.2, 0.25) is 0 Å². The molecular weight excluding hydrogens is 260 g/mol. The second kappa shape index (κ2) is 4.92. The Hall–Kier alpha value is -2.43. The summed E-state index contributed by atoms with van der Waals surface area (Å²) < 4.78 is 28.4. The number of fused-ring (bicyclic) bond motifs is 1. The van der Waals surface area contributed by atoms with Crippen molar-refractivity contribution in [2.45, 2.75) is 6.54 Å². The van der Waals surface area contributed by atoms with Gasteiger partial charge in [-0.2, -0.15) is 5.10 Å². The summed E-state index contributed by atoms with van der Waals surface area (Å²) in [5.74, 6) is -0.952. The molecule has 0 aliphatic rings. The van der Waals surface area contributed by atoms with Crippen LogP contribution in [-0.2, 0) is 13.6 Å². The van der Waals surface area contributed by atoms with Gasteiger partial charge in [-0.15, -0.1) is 0 Å². The zero-order chi connectivity index (χ0) is 14.1. The van der Waals surface area contributed by atoms with Crippen molar-refractivity contribution >= 4 is 16.6 Å². The Kier molecular flexibility index (Phi) is 3.10. The van der Waals surface area contributed by atoms with Crippen LogP contribution in [0.5, 0.6) is 0 Å². The summed E-state index contributed by atoms with van der Waals surface area (Å²) in [6, 6.07) is 11.1. The van der Waals surface area contributed by atoms with Crippen molar-refractivity contribution in [3.8, 4) is 0 Å². The lowest BCUT2D eigenvalue weighted by Crippen LogP contribution is -2.03. The summed E-state index contributed by atoms with van der Waals surface area (Å²) in [6.07, 6.45) is 0. The summed E-state index contributed by atoms with van der Waals surface area (Å²) in [5.41, 5.74) is 1.94. The zero-order valence-corrected chi connectivity index (χ0v) is 10.9. The topological polar surface area (TPSA) is 29.9 Å². The van der Waals surface area contributed by atoms with Crippen LogP contribution in [0.1, 0.15) is 5.69 Å². The number of nitrogens with one attached hydrogen (secondary N) is 1. The van der Waals surface area contributed by atoms with E-state index in [0.29, 0.717) is 6.54 Å². The molecule has 0 saturated heterocycles. The SMILES string of the molecule is Cn1nc(CNc2cc(F)ccc2F)c2ccccc21. The third-order valence-electron chi connectivity index (χ3n) is 3.21. The van der Waals surface area contributed by atoms with E-state index in [1.165, 1.54) is 0 Å². The molecule has 2 aromatic carbocycles. The molecule has 3 rings (SSSR count). The molecule has 0 saturated carbocycles. The van der Waals surface area contributed by atoms with Crippen LogP contribution in [0, 0.1) is 11.6 Å². The Bertz CT molecular complexity index is 765. The Balaban J connectivity index is 1.89. The van der Waals surface area contributed by atoms with Gasteiger partial charge in [0.1, 0.15) is 11.6 Å². The predicted molar refractivity (Wildman–Crippen MR) is 74.4 cm³/mol. The van der Waals surface area contributed by atoms with Gasteiger partial charge in [-0.3, -0.25) is 4.68 Å². The number of aromatic nitrogens is 2. The van der Waals surface area contributed by atoms with E-state index in [9.17, 15) is 8.78 Å². The van der Waals surface area contributed by atoms with Gasteiger partial charge in [-0.05, 0) is 24.3 Å². The van der Waals surface area contributed by atoms with Crippen LogP contribution in [0.15, 0.2) is 42.5 Å². The molecule has 0 spiro atoms. The highest BCUT2D eigenvalue weighted by molar-refractivity contribution is 5.82. The minimum atomic E-state index is -0.480. The largest absolute Gasteiger partial charge is 0.377 e. The van der Waals surface area contributed by atoms with Crippen molar-refractivity contribution in [1.82, 2.24) is 9.78 Å². The number of halogens is 2. The molecule has 3 nitrogen and oxygen atoms in total. The zero-order valence-electron chi connectivity index (χ0n) is 10.9. The number of anilines is 1. The molecule has 0 unspecified atom stereocenters. The third-order valence-corrected chi connectivity index (χ3v) is 3.21. The van der Waals surface area contributed by atoms with Crippen LogP contribution in [0.2, 0.25) is 0 Å². The van der Waals surface area contributed by atoms with E-state index in [-0.39, 0.29) is 5.69 Å². The first-order chi connectivity index (χ1) is 9.65. The normalized spacial score (nSPS) is 10.9. The molecule has 0 atom stereocenters. The molecule has 0 fully saturated rings. The Morgan fingerprint density at radius 1 is 1.15 bits per heavy atom. The average Bonchev–Trinajstić information content (AvgIpc) is 2.77. The average molecular weight is 273 g/mol. The van der Waals surface area contributed by atoms with Crippen LogP contribution in [0.4, 0.5) is 14.5 Å². The second-order valence-electron chi connectivity index (χ2n) is 4.57. The first-order valence-corrected chi connectivity index (χ1v) is 6.24. The molecule has 1 heterocycles. The van der Waals surface area contributed by atoms with Crippen LogP contribution >= 0.6 is 0 Å². The summed E-state index contributed by atoms with van der Waals surface area (Å²) >= 11 is 0. The molecule has 3 aromatic rings. The molecule has 0 amide bonds. The molecule has 20 heavy (non-hydrogen) atoms. The van der Waals surface area contributed by atoms with Crippen molar-refractivity contribution < 1.29 is 8.78 Å². The van der Waals surface area contributed by atoms with E-state index in [0.717, 1.165) is 34.8 Å². The summed E-state index contributed by atoms with van der Waals surface area (Å²) in [6.45, 7) is 0.335. The standard InChI is InChI=1S/C15H13F2N3/c1-20-15-5-3-2-4-11(15)14(19-20)9-18-13-8-10(16)6-7-12(13)17/h2-8,18H,9H2,1H3. The second-order valence-corrected chi connectivity index (χ2v) is 4.57. The summed E-state index contributed by atoms with van der Waals surface area (Å²) in [7, 11) is 1.86. The van der Waals surface area contributed by atoms with Gasteiger partial charge in [-0.25, -0.2) is 8.78 Å². The van der Waals surface area contributed by atoms with Crippen molar-refractivity contribution in [3.05, 3.63) is 59.8 Å². The van der Waals surface area contributed by atoms with Crippen LogP contribution in [0.3, 0.4) is 0 Å². The number of hydrogen-bond acceptors (Lipinski definition) is 2. The molecule has 1 N–H and O–H groups in total. The molecule has 5 heteroatoms. The fourth-order valence-electron chi connectivity index (χ4n) is 2.23. The number of rotatable bonds is 3. The fourth-order valence-corrected chi connectivity index (χ4v) is 2.23. The maximum Gasteiger partial charge on any atom is 0.146 e. The lowest BCUT2D eigenvalue weighted by Gasteiger charge is -2.06. The van der Waals surface area contributed by atoms with Gasteiger partial charge in [0, 0.05) is 12.4 Å². The van der Waals surface area contributed by atoms with E-state index in [4.69, 9.17) is 0 Å². The number of aryl methyl sites for hydroxylation is 1. The molecular formula is C15H13F2N3. The predicted octanol–water partition coefficient (Wildman–Crippen LogP) is 3.46. The molecule has 0 aliphatic carbocycles. The lowest BCUT2D eigenvalue weighted by molar-refractivity contribution is 0.602. The van der Waals surface area contributed by atoms with E-state index < -0.39 is 11.6 Å². The van der Waals surface area contributed by atoms with Crippen LogP contribution < -0.4 is 5.32 Å². The van der Waals surface area contributed by atoms with Gasteiger partial charge in [0.25, 0.3) is 0 Å². The van der Waals surface area contributed by atoms with Gasteiger partial charge in [0.15, 0.2) is 0 Å². The van der Waals surface area contributed by atoms with E-state index in [1.807, 2.05) is 31.3 Å². The van der Waals surface area contributed by atoms with Gasteiger partial charge < -0.3 is 5.32 Å². The minimum absolute atomic E-state index is 0.139. The molecule has 0 radical (unpaired) electrons. The van der Waals surface area contributed by atoms with Crippen LogP contribution in [-0.4, -0.2) is 9.78 Å². The first-order valence-electron chi connectivity index (χ1n) is 6.24. The van der Waals surface area contributed by atoms with E-state index in [2.05, 4.69) is 10.4 Å². The molecule has 1 aromatic heterocycles. The third kappa shape index (κ3) is 2.22. The summed E-state index contributed by atoms with van der Waals surface area (Å²) in [4.78, 5) is 0. The molecule has 0 bridgehead atoms. The minimum Gasteiger partial charge on any atom is -0.377 e. The Labute approximate surface area is 114 Å². The smallest absolute Gasteiger partial charge is 0.146 e. The number of nitrogens with zero attached hydrogens (tertiary/aromatic N) is 2. The van der Waals surface area contributed by atoms with Crippen molar-refractivity contribution in [2.75, 3.05) is 5.32 Å². The monoisotopic (exact) mass is 273 g/mol. The summed E-state index contributed by atoms with van der Waals surface area (Å²) in [5, 5.41) is 8.28. The highest BCUT2D eigenvalue weighted by Gasteiger charge is 2.09. The maximum atomic E-state index is 13.5. The first kappa shape index (κ1) is 12.6. The quantitative estimate of drug-likeness (QED) is 0.792. The van der Waals surface area contributed by atoms with Gasteiger partial charge in [0.05, 0.1) is 23.4 Å². The maximum absolute atomic E-state index is 13.5. The van der Waals surface area contributed by atoms with Gasteiger partial charge in [-0.1, -0.05) is 18.2 Å².